The van der Waals surface area contributed by atoms with Gasteiger partial charge in [-0.2, -0.15) is 10.1 Å². The molecular weight excluding hydrogens is 292 g/mol. The van der Waals surface area contributed by atoms with E-state index in [1.165, 1.54) is 30.6 Å². The van der Waals surface area contributed by atoms with E-state index in [0.717, 1.165) is 0 Å². The number of aromatic nitrogens is 3. The maximum Gasteiger partial charge on any atom is 0.242 e. The Morgan fingerprint density at radius 1 is 1.32 bits per heavy atom. The van der Waals surface area contributed by atoms with Crippen molar-refractivity contribution in [2.45, 2.75) is 4.90 Å². The number of carbonyl (C=O) groups excluding carboxylic acids is 1. The number of H-pyrrole nitrogens is 1. The van der Waals surface area contributed by atoms with Crippen molar-refractivity contribution in [2.75, 3.05) is 11.1 Å². The summed E-state index contributed by atoms with van der Waals surface area (Å²) in [7, 11) is -3.71. The van der Waals surface area contributed by atoms with Crippen LogP contribution in [0, 0.1) is 0 Å². The summed E-state index contributed by atoms with van der Waals surface area (Å²) in [6, 6.07) is 5.59. The summed E-state index contributed by atoms with van der Waals surface area (Å²) in [6.45, 7) is 0. The van der Waals surface area contributed by atoms with Gasteiger partial charge in [0.25, 0.3) is 0 Å². The standard InChI is InChI=1S/C10H9ClN4O3S/c11-7-1-3-8(4-2-7)19(17,18)5-9(16)14-10-12-6-13-15-10/h1-4,6H,5H2,(H2,12,13,14,15,16). The molecule has 7 nitrogen and oxygen atoms in total. The SMILES string of the molecule is O=C(CS(=O)(=O)c1ccc(Cl)cc1)Nc1ncn[nH]1. The third kappa shape index (κ3) is 3.52. The molecule has 100 valence electrons. The van der Waals surface area contributed by atoms with E-state index in [4.69, 9.17) is 11.6 Å². The van der Waals surface area contributed by atoms with Crippen LogP contribution in [0.1, 0.15) is 0 Å². The fourth-order valence-electron chi connectivity index (χ4n) is 1.33. The highest BCUT2D eigenvalue weighted by atomic mass is 35.5. The normalized spacial score (nSPS) is 11.2. The third-order valence-electron chi connectivity index (χ3n) is 2.17. The van der Waals surface area contributed by atoms with Crippen molar-refractivity contribution in [1.29, 1.82) is 0 Å². The minimum Gasteiger partial charge on any atom is -0.294 e. The van der Waals surface area contributed by atoms with Crippen LogP contribution in [0.25, 0.3) is 0 Å². The highest BCUT2D eigenvalue weighted by Crippen LogP contribution is 2.15. The topological polar surface area (TPSA) is 105 Å². The molecule has 2 aromatic rings. The number of benzene rings is 1. The average molecular weight is 301 g/mol. The second kappa shape index (κ2) is 5.37. The van der Waals surface area contributed by atoms with Crippen LogP contribution in [0.5, 0.6) is 0 Å². The lowest BCUT2D eigenvalue weighted by Gasteiger charge is -2.04. The first-order valence-electron chi connectivity index (χ1n) is 5.11. The second-order valence-electron chi connectivity index (χ2n) is 3.60. The second-order valence-corrected chi connectivity index (χ2v) is 6.02. The Labute approximate surface area is 113 Å². The Morgan fingerprint density at radius 2 is 2.00 bits per heavy atom. The van der Waals surface area contributed by atoms with Crippen LogP contribution in [0.4, 0.5) is 5.95 Å². The molecule has 0 radical (unpaired) electrons. The van der Waals surface area contributed by atoms with Gasteiger partial charge in [-0.3, -0.25) is 10.1 Å². The van der Waals surface area contributed by atoms with Gasteiger partial charge in [0.05, 0.1) is 4.90 Å². The zero-order valence-corrected chi connectivity index (χ0v) is 11.1. The van der Waals surface area contributed by atoms with Gasteiger partial charge in [-0.1, -0.05) is 11.6 Å². The van der Waals surface area contributed by atoms with E-state index in [-0.39, 0.29) is 10.8 Å². The van der Waals surface area contributed by atoms with Crippen molar-refractivity contribution in [3.63, 3.8) is 0 Å². The summed E-state index contributed by atoms with van der Waals surface area (Å²) in [4.78, 5) is 15.3. The van der Waals surface area contributed by atoms with Crippen LogP contribution < -0.4 is 5.32 Å². The monoisotopic (exact) mass is 300 g/mol. The van der Waals surface area contributed by atoms with Gasteiger partial charge in [-0.05, 0) is 24.3 Å². The smallest absolute Gasteiger partial charge is 0.242 e. The Kier molecular flexibility index (Phi) is 3.82. The van der Waals surface area contributed by atoms with Gasteiger partial charge in [0.2, 0.25) is 11.9 Å². The highest BCUT2D eigenvalue weighted by Gasteiger charge is 2.19. The zero-order valence-electron chi connectivity index (χ0n) is 9.50. The maximum atomic E-state index is 11.9. The molecule has 0 aliphatic carbocycles. The fourth-order valence-corrected chi connectivity index (χ4v) is 2.59. The number of hydrogen-bond donors (Lipinski definition) is 2. The van der Waals surface area contributed by atoms with E-state index in [1.54, 1.807) is 0 Å². The van der Waals surface area contributed by atoms with E-state index in [2.05, 4.69) is 20.5 Å². The summed E-state index contributed by atoms with van der Waals surface area (Å²) < 4.78 is 23.9. The summed E-state index contributed by atoms with van der Waals surface area (Å²) in [6.07, 6.45) is 1.20. The molecule has 0 saturated heterocycles. The number of amides is 1. The summed E-state index contributed by atoms with van der Waals surface area (Å²) in [5.41, 5.74) is 0. The van der Waals surface area contributed by atoms with Crippen LogP contribution >= 0.6 is 11.6 Å². The van der Waals surface area contributed by atoms with Crippen molar-refractivity contribution < 1.29 is 13.2 Å². The van der Waals surface area contributed by atoms with Gasteiger partial charge < -0.3 is 0 Å². The van der Waals surface area contributed by atoms with Crippen molar-refractivity contribution >= 4 is 33.3 Å². The predicted molar refractivity (Wildman–Crippen MR) is 68.5 cm³/mol. The molecule has 2 N–H and O–H groups in total. The lowest BCUT2D eigenvalue weighted by molar-refractivity contribution is -0.113. The number of rotatable bonds is 4. The number of aromatic amines is 1. The van der Waals surface area contributed by atoms with Crippen LogP contribution in [0.15, 0.2) is 35.5 Å². The van der Waals surface area contributed by atoms with Crippen LogP contribution in [0.2, 0.25) is 5.02 Å². The predicted octanol–water partition coefficient (Wildman–Crippen LogP) is 0.871. The third-order valence-corrected chi connectivity index (χ3v) is 4.05. The summed E-state index contributed by atoms with van der Waals surface area (Å²) in [5, 5.41) is 8.63. The maximum absolute atomic E-state index is 11.9. The first-order chi connectivity index (χ1) is 8.97. The minimum atomic E-state index is -3.71. The molecule has 0 fully saturated rings. The first-order valence-corrected chi connectivity index (χ1v) is 7.14. The van der Waals surface area contributed by atoms with Gasteiger partial charge >= 0.3 is 0 Å². The Hall–Kier alpha value is -1.93. The van der Waals surface area contributed by atoms with Crippen molar-refractivity contribution in [3.8, 4) is 0 Å². The Morgan fingerprint density at radius 3 is 2.58 bits per heavy atom. The number of hydrogen-bond acceptors (Lipinski definition) is 5. The lowest BCUT2D eigenvalue weighted by Crippen LogP contribution is -2.23. The molecular formula is C10H9ClN4O3S. The van der Waals surface area contributed by atoms with Crippen LogP contribution in [0.3, 0.4) is 0 Å². The van der Waals surface area contributed by atoms with E-state index in [9.17, 15) is 13.2 Å². The van der Waals surface area contributed by atoms with Gasteiger partial charge in [0, 0.05) is 5.02 Å². The van der Waals surface area contributed by atoms with Crippen LogP contribution in [-0.2, 0) is 14.6 Å². The molecule has 9 heteroatoms. The van der Waals surface area contributed by atoms with E-state index in [0.29, 0.717) is 5.02 Å². The Bertz CT molecular complexity index is 667. The summed E-state index contributed by atoms with van der Waals surface area (Å²) >= 11 is 5.67. The van der Waals surface area contributed by atoms with Gasteiger partial charge in [-0.25, -0.2) is 13.5 Å². The molecule has 0 atom stereocenters. The highest BCUT2D eigenvalue weighted by molar-refractivity contribution is 7.92. The molecule has 0 unspecified atom stereocenters. The number of anilines is 1. The molecule has 0 aliphatic rings. The minimum absolute atomic E-state index is 0.0321. The fraction of sp³-hybridized carbons (Fsp3) is 0.100. The molecule has 1 heterocycles. The molecule has 0 aliphatic heterocycles. The quantitative estimate of drug-likeness (QED) is 0.871. The van der Waals surface area contributed by atoms with E-state index < -0.39 is 21.5 Å². The number of sulfone groups is 1. The van der Waals surface area contributed by atoms with Crippen molar-refractivity contribution in [1.82, 2.24) is 15.2 Å². The number of halogens is 1. The number of nitrogens with one attached hydrogen (secondary N) is 2. The van der Waals surface area contributed by atoms with E-state index >= 15 is 0 Å². The molecule has 1 aromatic carbocycles. The molecule has 2 rings (SSSR count). The first kappa shape index (κ1) is 13.5. The van der Waals surface area contributed by atoms with Gasteiger partial charge in [-0.15, -0.1) is 0 Å². The zero-order chi connectivity index (χ0) is 13.9. The Balaban J connectivity index is 2.09. The molecule has 0 saturated carbocycles. The molecule has 1 amide bonds. The average Bonchev–Trinajstić information content (AvgIpc) is 2.81. The van der Waals surface area contributed by atoms with Crippen molar-refractivity contribution in [2.24, 2.45) is 0 Å². The van der Waals surface area contributed by atoms with Gasteiger partial charge in [0.15, 0.2) is 9.84 Å². The molecule has 0 spiro atoms. The lowest BCUT2D eigenvalue weighted by atomic mass is 10.4. The number of carbonyl (C=O) groups is 1. The van der Waals surface area contributed by atoms with Crippen molar-refractivity contribution in [3.05, 3.63) is 35.6 Å². The van der Waals surface area contributed by atoms with Crippen LogP contribution in [-0.4, -0.2) is 35.3 Å². The molecule has 1 aromatic heterocycles. The number of nitrogens with zero attached hydrogens (tertiary/aromatic N) is 2. The van der Waals surface area contributed by atoms with Gasteiger partial charge in [0.1, 0.15) is 12.1 Å². The molecule has 0 bridgehead atoms. The molecule has 19 heavy (non-hydrogen) atoms. The largest absolute Gasteiger partial charge is 0.294 e. The summed E-state index contributed by atoms with van der Waals surface area (Å²) in [5.74, 6) is -1.29. The van der Waals surface area contributed by atoms with E-state index in [1.807, 2.05) is 0 Å².